The highest BCUT2D eigenvalue weighted by Gasteiger charge is 2.15. The molecule has 0 aliphatic carbocycles. The molecule has 0 saturated carbocycles. The molecule has 1 aromatic rings. The summed E-state index contributed by atoms with van der Waals surface area (Å²) in [5.74, 6) is 0.692. The predicted octanol–water partition coefficient (Wildman–Crippen LogP) is -0.876. The van der Waals surface area contributed by atoms with Crippen LogP contribution in [0.4, 0.5) is 5.69 Å². The molecule has 0 aromatic heterocycles. The van der Waals surface area contributed by atoms with E-state index in [1.54, 1.807) is 19.1 Å². The van der Waals surface area contributed by atoms with E-state index in [9.17, 15) is 10.1 Å². The molecule has 0 aliphatic heterocycles. The largest absolute Gasteiger partial charge is 1.00 e. The molecule has 0 spiro atoms. The van der Waals surface area contributed by atoms with Crippen LogP contribution in [-0.2, 0) is 5.75 Å². The van der Waals surface area contributed by atoms with Gasteiger partial charge in [0.25, 0.3) is 0 Å². The number of hydrogen-bond donors (Lipinski definition) is 2. The number of nitrogens with one attached hydrogen (secondary N) is 1. The van der Waals surface area contributed by atoms with Crippen molar-refractivity contribution >= 4 is 22.6 Å². The molecule has 0 saturated heterocycles. The van der Waals surface area contributed by atoms with Crippen molar-refractivity contribution in [2.75, 3.05) is 6.61 Å². The Hall–Kier alpha value is -1.47. The highest BCUT2D eigenvalue weighted by Crippen LogP contribution is 2.29. The topological polar surface area (TPSA) is 102 Å². The molecule has 1 rings (SSSR count). The molecule has 0 bridgehead atoms. The molecule has 0 aliphatic rings. The van der Waals surface area contributed by atoms with Crippen molar-refractivity contribution in [3.63, 3.8) is 0 Å². The van der Waals surface area contributed by atoms with Gasteiger partial charge in [0.15, 0.2) is 10.9 Å². The molecule has 0 amide bonds. The third-order valence-corrected chi connectivity index (χ3v) is 2.70. The van der Waals surface area contributed by atoms with Crippen LogP contribution in [0.15, 0.2) is 18.2 Å². The van der Waals surface area contributed by atoms with Gasteiger partial charge >= 0.3 is 5.69 Å². The SMILES string of the molecule is CCOc1ccc(CSC(=N)N)cc1[N+](=O)[O-].[Cl-]. The monoisotopic (exact) mass is 290 g/mol. The van der Waals surface area contributed by atoms with Gasteiger partial charge in [0.2, 0.25) is 0 Å². The molecule has 6 nitrogen and oxygen atoms in total. The molecule has 0 unspecified atom stereocenters. The first-order chi connectivity index (χ1) is 8.04. The van der Waals surface area contributed by atoms with Gasteiger partial charge in [-0.2, -0.15) is 0 Å². The number of nitrogens with zero attached hydrogens (tertiary/aromatic N) is 1. The molecule has 0 heterocycles. The van der Waals surface area contributed by atoms with Gasteiger partial charge in [0.05, 0.1) is 11.5 Å². The third kappa shape index (κ3) is 4.80. The van der Waals surface area contributed by atoms with Gasteiger partial charge in [-0.15, -0.1) is 0 Å². The first kappa shape index (κ1) is 16.5. The molecule has 0 atom stereocenters. The molecule has 0 radical (unpaired) electrons. The zero-order valence-corrected chi connectivity index (χ0v) is 11.3. The van der Waals surface area contributed by atoms with Gasteiger partial charge in [-0.05, 0) is 18.6 Å². The number of nitrogens with two attached hydrogens (primary N) is 1. The molecule has 3 N–H and O–H groups in total. The lowest BCUT2D eigenvalue weighted by Gasteiger charge is -2.06. The maximum absolute atomic E-state index is 10.8. The van der Waals surface area contributed by atoms with E-state index in [0.29, 0.717) is 12.4 Å². The third-order valence-electron chi connectivity index (χ3n) is 1.91. The smallest absolute Gasteiger partial charge is 0.311 e. The number of hydrogen-bond acceptors (Lipinski definition) is 5. The normalized spacial score (nSPS) is 9.39. The van der Waals surface area contributed by atoms with Crippen molar-refractivity contribution < 1.29 is 22.1 Å². The summed E-state index contributed by atoms with van der Waals surface area (Å²) in [5.41, 5.74) is 5.88. The molecule has 100 valence electrons. The van der Waals surface area contributed by atoms with Crippen LogP contribution in [0.5, 0.6) is 5.75 Å². The number of amidine groups is 1. The van der Waals surface area contributed by atoms with Crippen LogP contribution in [0, 0.1) is 15.5 Å². The lowest BCUT2D eigenvalue weighted by molar-refractivity contribution is -0.385. The van der Waals surface area contributed by atoms with Crippen LogP contribution in [0.2, 0.25) is 0 Å². The minimum absolute atomic E-state index is 0. The minimum atomic E-state index is -0.479. The number of ether oxygens (including phenoxy) is 1. The van der Waals surface area contributed by atoms with Crippen molar-refractivity contribution in [3.05, 3.63) is 33.9 Å². The Bertz CT molecular complexity index is 442. The average molecular weight is 291 g/mol. The van der Waals surface area contributed by atoms with E-state index in [-0.39, 0.29) is 29.0 Å². The van der Waals surface area contributed by atoms with Gasteiger partial charge in [0, 0.05) is 11.8 Å². The Labute approximate surface area is 115 Å². The summed E-state index contributed by atoms with van der Waals surface area (Å²) < 4.78 is 5.16. The molecule has 0 fully saturated rings. The molecule has 18 heavy (non-hydrogen) atoms. The maximum Gasteiger partial charge on any atom is 0.311 e. The fourth-order valence-electron chi connectivity index (χ4n) is 1.23. The summed E-state index contributed by atoms with van der Waals surface area (Å²) in [6.45, 7) is 2.14. The summed E-state index contributed by atoms with van der Waals surface area (Å²) in [4.78, 5) is 10.4. The van der Waals surface area contributed by atoms with Gasteiger partial charge in [-0.3, -0.25) is 15.5 Å². The quantitative estimate of drug-likeness (QED) is 0.317. The van der Waals surface area contributed by atoms with E-state index in [0.717, 1.165) is 17.3 Å². The second kappa shape index (κ2) is 7.78. The van der Waals surface area contributed by atoms with Crippen molar-refractivity contribution in [1.82, 2.24) is 0 Å². The number of nitro groups is 1. The second-order valence-electron chi connectivity index (χ2n) is 3.15. The average Bonchev–Trinajstić information content (AvgIpc) is 2.27. The summed E-state index contributed by atoms with van der Waals surface area (Å²) in [6.07, 6.45) is 0. The second-order valence-corrected chi connectivity index (χ2v) is 4.16. The van der Waals surface area contributed by atoms with E-state index in [1.165, 1.54) is 6.07 Å². The summed E-state index contributed by atoms with van der Waals surface area (Å²) in [7, 11) is 0. The lowest BCUT2D eigenvalue weighted by Crippen LogP contribution is -3.00. The Morgan fingerprint density at radius 2 is 2.28 bits per heavy atom. The van der Waals surface area contributed by atoms with E-state index < -0.39 is 4.92 Å². The van der Waals surface area contributed by atoms with Gasteiger partial charge in [-0.25, -0.2) is 0 Å². The zero-order valence-electron chi connectivity index (χ0n) is 9.68. The molecule has 1 aromatic carbocycles. The molecule has 8 heteroatoms. The van der Waals surface area contributed by atoms with E-state index in [1.807, 2.05) is 0 Å². The Morgan fingerprint density at radius 1 is 1.61 bits per heavy atom. The van der Waals surface area contributed by atoms with Gasteiger partial charge in [0.1, 0.15) is 0 Å². The summed E-state index contributed by atoms with van der Waals surface area (Å²) in [6, 6.07) is 4.74. The van der Waals surface area contributed by atoms with E-state index >= 15 is 0 Å². The minimum Gasteiger partial charge on any atom is -1.00 e. The zero-order chi connectivity index (χ0) is 12.8. The lowest BCUT2D eigenvalue weighted by atomic mass is 10.2. The molecular formula is C10H13ClN3O3S-. The van der Waals surface area contributed by atoms with Gasteiger partial charge in [-0.1, -0.05) is 17.8 Å². The fraction of sp³-hybridized carbons (Fsp3) is 0.300. The number of benzene rings is 1. The first-order valence-electron chi connectivity index (χ1n) is 4.91. The van der Waals surface area contributed by atoms with Crippen molar-refractivity contribution in [1.29, 1.82) is 5.41 Å². The van der Waals surface area contributed by atoms with Crippen LogP contribution in [0.3, 0.4) is 0 Å². The number of halogens is 1. The highest BCUT2D eigenvalue weighted by atomic mass is 35.5. The van der Waals surface area contributed by atoms with Crippen LogP contribution >= 0.6 is 11.8 Å². The van der Waals surface area contributed by atoms with Crippen molar-refractivity contribution in [2.24, 2.45) is 5.73 Å². The van der Waals surface area contributed by atoms with Crippen LogP contribution in [0.1, 0.15) is 12.5 Å². The Kier molecular flexibility index (Phi) is 7.14. The van der Waals surface area contributed by atoms with E-state index in [4.69, 9.17) is 15.9 Å². The summed E-state index contributed by atoms with van der Waals surface area (Å²) >= 11 is 1.12. The van der Waals surface area contributed by atoms with Crippen LogP contribution in [-0.4, -0.2) is 16.7 Å². The first-order valence-corrected chi connectivity index (χ1v) is 5.90. The van der Waals surface area contributed by atoms with Crippen LogP contribution < -0.4 is 22.9 Å². The maximum atomic E-state index is 10.8. The summed E-state index contributed by atoms with van der Waals surface area (Å²) in [5, 5.41) is 17.9. The molecular weight excluding hydrogens is 278 g/mol. The predicted molar refractivity (Wildman–Crippen MR) is 67.5 cm³/mol. The standard InChI is InChI=1S/C10H13N3O3S.ClH/c1-2-16-9-4-3-7(6-17-10(11)12)5-8(9)13(14)15;/h3-5H,2,6H2,1H3,(H3,11,12);1H/p-1. The fourth-order valence-corrected chi connectivity index (χ4v) is 1.74. The van der Waals surface area contributed by atoms with E-state index in [2.05, 4.69) is 0 Å². The van der Waals surface area contributed by atoms with Crippen molar-refractivity contribution in [2.45, 2.75) is 12.7 Å². The number of thioether (sulfide) groups is 1. The van der Waals surface area contributed by atoms with Crippen LogP contribution in [0.25, 0.3) is 0 Å². The number of rotatable bonds is 5. The van der Waals surface area contributed by atoms with Crippen molar-refractivity contribution in [3.8, 4) is 5.75 Å². The highest BCUT2D eigenvalue weighted by molar-refractivity contribution is 8.13. The van der Waals surface area contributed by atoms with Gasteiger partial charge < -0.3 is 22.9 Å². The number of nitro benzene ring substituents is 1. The Morgan fingerprint density at radius 3 is 2.78 bits per heavy atom. The Balaban J connectivity index is 0.00000289.